The van der Waals surface area contributed by atoms with Crippen molar-refractivity contribution in [2.24, 2.45) is 4.99 Å². The number of allylic oxidation sites excluding steroid dienone is 1. The van der Waals surface area contributed by atoms with Gasteiger partial charge in [-0.3, -0.25) is 0 Å². The number of nitrogens with zero attached hydrogens (tertiary/aromatic N) is 1. The Hall–Kier alpha value is -0.560. The van der Waals surface area contributed by atoms with Crippen molar-refractivity contribution in [1.82, 2.24) is 0 Å². The first kappa shape index (κ1) is 7.44. The fraction of sp³-hybridized carbons (Fsp3) is 0.167. The van der Waals surface area contributed by atoms with E-state index in [1.54, 1.807) is 6.21 Å². The first-order valence-electron chi connectivity index (χ1n) is 2.17. The normalized spacial score (nSPS) is 9.75. The maximum absolute atomic E-state index is 5.29. The van der Waals surface area contributed by atoms with E-state index in [-0.39, 0.29) is 5.16 Å². The topological polar surface area (TPSA) is 12.4 Å². The van der Waals surface area contributed by atoms with Crippen LogP contribution in [0.3, 0.4) is 0 Å². The molecule has 8 heavy (non-hydrogen) atoms. The zero-order valence-electron chi connectivity index (χ0n) is 4.82. The molecule has 0 heterocycles. The lowest BCUT2D eigenvalue weighted by molar-refractivity contribution is 1.52. The van der Waals surface area contributed by atoms with Crippen molar-refractivity contribution in [1.29, 1.82) is 0 Å². The summed E-state index contributed by atoms with van der Waals surface area (Å²) < 4.78 is 0. The number of rotatable bonds is 2. The summed E-state index contributed by atoms with van der Waals surface area (Å²) in [4.78, 5) is 3.67. The Labute approximate surface area is 54.4 Å². The van der Waals surface area contributed by atoms with Gasteiger partial charge in [-0.05, 0) is 12.5 Å². The fourth-order valence-electron chi connectivity index (χ4n) is 0.180. The van der Waals surface area contributed by atoms with E-state index in [9.17, 15) is 0 Å². The third-order valence-electron chi connectivity index (χ3n) is 0.425. The minimum Gasteiger partial charge on any atom is -0.245 e. The highest BCUT2D eigenvalue weighted by Gasteiger charge is 1.75. The van der Waals surface area contributed by atoms with Gasteiger partial charge in [0, 0.05) is 6.21 Å². The molecule has 0 aliphatic rings. The second kappa shape index (κ2) is 3.44. The second-order valence-corrected chi connectivity index (χ2v) is 1.92. The van der Waals surface area contributed by atoms with Crippen molar-refractivity contribution in [2.45, 2.75) is 6.92 Å². The molecule has 0 fully saturated rings. The monoisotopic (exact) mass is 129 g/mol. The minimum atomic E-state index is 0.285. The van der Waals surface area contributed by atoms with Crippen LogP contribution in [0.15, 0.2) is 28.9 Å². The summed E-state index contributed by atoms with van der Waals surface area (Å²) in [6.07, 6.45) is 1.56. The molecule has 0 bridgehead atoms. The van der Waals surface area contributed by atoms with E-state index in [1.165, 1.54) is 0 Å². The molecule has 0 amide bonds. The van der Waals surface area contributed by atoms with E-state index >= 15 is 0 Å². The van der Waals surface area contributed by atoms with Gasteiger partial charge in [0.1, 0.15) is 5.16 Å². The molecule has 0 aliphatic heterocycles. The fourth-order valence-corrected chi connectivity index (χ4v) is 0.229. The molecule has 44 valence electrons. The largest absolute Gasteiger partial charge is 0.245 e. The first-order chi connectivity index (χ1) is 3.63. The van der Waals surface area contributed by atoms with E-state index in [4.69, 9.17) is 11.6 Å². The van der Waals surface area contributed by atoms with Crippen molar-refractivity contribution in [3.63, 3.8) is 0 Å². The molecule has 0 N–H and O–H groups in total. The summed E-state index contributed by atoms with van der Waals surface area (Å²) in [5, 5.41) is 0.285. The quantitative estimate of drug-likeness (QED) is 0.401. The molecule has 0 aromatic rings. The molecule has 0 aromatic heterocycles. The number of hydrogen-bond donors (Lipinski definition) is 0. The number of hydrogen-bond acceptors (Lipinski definition) is 1. The van der Waals surface area contributed by atoms with Crippen molar-refractivity contribution in [3.8, 4) is 0 Å². The van der Waals surface area contributed by atoms with Crippen LogP contribution in [0.2, 0.25) is 0 Å². The third-order valence-corrected chi connectivity index (χ3v) is 0.523. The average Bonchev–Trinajstić information content (AvgIpc) is 1.61. The molecular formula is C6H8ClN. The van der Waals surface area contributed by atoms with Crippen LogP contribution in [0.1, 0.15) is 6.92 Å². The van der Waals surface area contributed by atoms with E-state index in [0.717, 1.165) is 5.57 Å². The van der Waals surface area contributed by atoms with Crippen LogP contribution in [0.5, 0.6) is 0 Å². The Balaban J connectivity index is 3.67. The standard InChI is InChI=1S/C6H8ClN/c1-5(2)4-8-6(3)7/h4H,1,3H2,2H3. The molecule has 0 spiro atoms. The summed E-state index contributed by atoms with van der Waals surface area (Å²) >= 11 is 5.29. The van der Waals surface area contributed by atoms with Gasteiger partial charge in [0.05, 0.1) is 0 Å². The van der Waals surface area contributed by atoms with Gasteiger partial charge in [0.25, 0.3) is 0 Å². The van der Waals surface area contributed by atoms with Crippen LogP contribution in [-0.2, 0) is 0 Å². The van der Waals surface area contributed by atoms with Crippen LogP contribution < -0.4 is 0 Å². The highest BCUT2D eigenvalue weighted by molar-refractivity contribution is 6.29. The summed E-state index contributed by atoms with van der Waals surface area (Å²) in [7, 11) is 0. The van der Waals surface area contributed by atoms with Crippen molar-refractivity contribution >= 4 is 17.8 Å². The highest BCUT2D eigenvalue weighted by atomic mass is 35.5. The van der Waals surface area contributed by atoms with Crippen molar-refractivity contribution < 1.29 is 0 Å². The Kier molecular flexibility index (Phi) is 3.20. The maximum Gasteiger partial charge on any atom is 0.121 e. The minimum absolute atomic E-state index is 0.285. The lowest BCUT2D eigenvalue weighted by atomic mass is 10.4. The maximum atomic E-state index is 5.29. The highest BCUT2D eigenvalue weighted by Crippen LogP contribution is 1.96. The smallest absolute Gasteiger partial charge is 0.121 e. The predicted molar refractivity (Wildman–Crippen MR) is 38.3 cm³/mol. The van der Waals surface area contributed by atoms with Crippen molar-refractivity contribution in [2.75, 3.05) is 0 Å². The van der Waals surface area contributed by atoms with Gasteiger partial charge >= 0.3 is 0 Å². The van der Waals surface area contributed by atoms with Gasteiger partial charge in [-0.25, -0.2) is 4.99 Å². The molecule has 0 atom stereocenters. The number of aliphatic imine (C=N–C) groups is 1. The Morgan fingerprint density at radius 1 is 1.62 bits per heavy atom. The van der Waals surface area contributed by atoms with E-state index in [2.05, 4.69) is 18.2 Å². The zero-order valence-corrected chi connectivity index (χ0v) is 5.57. The molecule has 0 saturated carbocycles. The third kappa shape index (κ3) is 5.44. The molecule has 2 heteroatoms. The molecule has 0 radical (unpaired) electrons. The zero-order chi connectivity index (χ0) is 6.57. The van der Waals surface area contributed by atoms with Gasteiger partial charge in [-0.2, -0.15) is 0 Å². The molecule has 1 nitrogen and oxygen atoms in total. The van der Waals surface area contributed by atoms with E-state index in [1.807, 2.05) is 6.92 Å². The Bertz CT molecular complexity index is 119. The van der Waals surface area contributed by atoms with Gasteiger partial charge in [0.2, 0.25) is 0 Å². The summed E-state index contributed by atoms with van der Waals surface area (Å²) in [5.74, 6) is 0. The lowest BCUT2D eigenvalue weighted by Crippen LogP contribution is -1.71. The van der Waals surface area contributed by atoms with E-state index in [0.29, 0.717) is 0 Å². The van der Waals surface area contributed by atoms with Crippen LogP contribution >= 0.6 is 11.6 Å². The molecule has 0 aliphatic carbocycles. The van der Waals surface area contributed by atoms with Gasteiger partial charge in [-0.15, -0.1) is 0 Å². The average molecular weight is 130 g/mol. The van der Waals surface area contributed by atoms with Crippen LogP contribution in [0.25, 0.3) is 0 Å². The summed E-state index contributed by atoms with van der Waals surface area (Å²) in [5.41, 5.74) is 0.867. The molecule has 0 saturated heterocycles. The van der Waals surface area contributed by atoms with Crippen LogP contribution in [0.4, 0.5) is 0 Å². The SMILES string of the molecule is C=C(C)C=NC(=C)Cl. The van der Waals surface area contributed by atoms with Crippen LogP contribution in [0, 0.1) is 0 Å². The molecule has 0 aromatic carbocycles. The molecule has 0 rings (SSSR count). The Morgan fingerprint density at radius 2 is 2.12 bits per heavy atom. The van der Waals surface area contributed by atoms with Gasteiger partial charge < -0.3 is 0 Å². The van der Waals surface area contributed by atoms with Crippen LogP contribution in [-0.4, -0.2) is 6.21 Å². The van der Waals surface area contributed by atoms with Gasteiger partial charge in [0.15, 0.2) is 0 Å². The summed E-state index contributed by atoms with van der Waals surface area (Å²) in [6, 6.07) is 0. The number of halogens is 1. The Morgan fingerprint density at radius 3 is 2.25 bits per heavy atom. The van der Waals surface area contributed by atoms with Gasteiger partial charge in [-0.1, -0.05) is 24.8 Å². The summed E-state index contributed by atoms with van der Waals surface area (Å²) in [6.45, 7) is 8.77. The lowest BCUT2D eigenvalue weighted by Gasteiger charge is -1.82. The van der Waals surface area contributed by atoms with E-state index < -0.39 is 0 Å². The first-order valence-corrected chi connectivity index (χ1v) is 2.54. The molecular weight excluding hydrogens is 122 g/mol. The van der Waals surface area contributed by atoms with Crippen molar-refractivity contribution in [3.05, 3.63) is 23.9 Å². The molecule has 0 unspecified atom stereocenters. The predicted octanol–water partition coefficient (Wildman–Crippen LogP) is 2.34. The second-order valence-electron chi connectivity index (χ2n) is 1.48.